The molecule has 43 heavy (non-hydrogen) atoms. The Morgan fingerprint density at radius 3 is 2.81 bits per heavy atom. The van der Waals surface area contributed by atoms with Gasteiger partial charge in [-0.15, -0.1) is 0 Å². The highest BCUT2D eigenvalue weighted by Crippen LogP contribution is 2.45. The highest BCUT2D eigenvalue weighted by Gasteiger charge is 2.48. The van der Waals surface area contributed by atoms with E-state index in [1.165, 1.54) is 11.0 Å². The number of Topliss-reactive ketones (excluding diaryl/α,β-unsaturated/α-hetero) is 1. The Labute approximate surface area is 254 Å². The maximum Gasteiger partial charge on any atom is 0.350 e. The second-order valence-electron chi connectivity index (χ2n) is 10.6. The number of rotatable bonds is 11. The molecule has 2 aliphatic heterocycles. The summed E-state index contributed by atoms with van der Waals surface area (Å²) < 4.78 is 17.0. The van der Waals surface area contributed by atoms with Gasteiger partial charge in [-0.05, 0) is 61.7 Å². The van der Waals surface area contributed by atoms with Gasteiger partial charge in [0.2, 0.25) is 0 Å². The maximum absolute atomic E-state index is 13.7. The number of ketones is 1. The highest BCUT2D eigenvalue weighted by molar-refractivity contribution is 7.17. The van der Waals surface area contributed by atoms with Crippen molar-refractivity contribution in [3.05, 3.63) is 88.0 Å². The minimum absolute atomic E-state index is 0.00134. The number of hydrogen-bond acceptors (Lipinski definition) is 9. The van der Waals surface area contributed by atoms with E-state index in [0.717, 1.165) is 41.9 Å². The fourth-order valence-electron chi connectivity index (χ4n) is 5.26. The minimum atomic E-state index is -1.02. The summed E-state index contributed by atoms with van der Waals surface area (Å²) in [4.78, 5) is 46.0. The predicted octanol–water partition coefficient (Wildman–Crippen LogP) is 6.31. The van der Waals surface area contributed by atoms with Crippen LogP contribution in [0.5, 0.6) is 11.5 Å². The number of aromatic nitrogens is 1. The van der Waals surface area contributed by atoms with Crippen LogP contribution in [0.2, 0.25) is 0 Å². The van der Waals surface area contributed by atoms with Gasteiger partial charge in [-0.25, -0.2) is 9.78 Å². The van der Waals surface area contributed by atoms with Gasteiger partial charge in [-0.3, -0.25) is 14.5 Å². The first-order valence-electron chi connectivity index (χ1n) is 14.3. The highest BCUT2D eigenvalue weighted by atomic mass is 32.1. The standard InChI is InChI=1S/C33H34N2O7S/c1-5-7-8-15-40-24-11-9-10-21(18-24)27-26(28(36)22-12-13-25-23(17-22)16-19(3)42-25)29(37)31(38)35(27)33-34-20(4)30(43-33)32(39)41-14-6-2/h6,9-13,17-19,27,36H,2,5,7-8,14-16H2,1,3-4H3/b28-26+/t19-,27+/m0/s1. The van der Waals surface area contributed by atoms with Crippen LogP contribution < -0.4 is 14.4 Å². The second kappa shape index (κ2) is 12.8. The van der Waals surface area contributed by atoms with Crippen molar-refractivity contribution in [2.75, 3.05) is 18.1 Å². The molecule has 0 unspecified atom stereocenters. The van der Waals surface area contributed by atoms with Gasteiger partial charge in [0, 0.05) is 12.0 Å². The Balaban J connectivity index is 1.61. The topological polar surface area (TPSA) is 115 Å². The first-order chi connectivity index (χ1) is 20.7. The Kier molecular flexibility index (Phi) is 8.96. The van der Waals surface area contributed by atoms with Crippen LogP contribution in [0.15, 0.2) is 60.7 Å². The molecule has 1 amide bonds. The number of aliphatic hydroxyl groups excluding tert-OH is 1. The van der Waals surface area contributed by atoms with Crippen LogP contribution in [0, 0.1) is 6.92 Å². The number of anilines is 1. The van der Waals surface area contributed by atoms with E-state index in [-0.39, 0.29) is 34.1 Å². The lowest BCUT2D eigenvalue weighted by molar-refractivity contribution is -0.132. The molecule has 9 nitrogen and oxygen atoms in total. The summed E-state index contributed by atoms with van der Waals surface area (Å²) in [5, 5.41) is 11.8. The number of fused-ring (bicyclic) bond motifs is 1. The van der Waals surface area contributed by atoms with E-state index in [0.29, 0.717) is 35.6 Å². The summed E-state index contributed by atoms with van der Waals surface area (Å²) >= 11 is 0.950. The number of thiazole rings is 1. The van der Waals surface area contributed by atoms with Crippen molar-refractivity contribution >= 4 is 39.9 Å². The first-order valence-corrected chi connectivity index (χ1v) is 15.1. The largest absolute Gasteiger partial charge is 0.507 e. The van der Waals surface area contributed by atoms with Crippen molar-refractivity contribution in [2.45, 2.75) is 58.6 Å². The molecule has 10 heteroatoms. The zero-order valence-electron chi connectivity index (χ0n) is 24.4. The SMILES string of the molecule is C=CCOC(=O)c1sc(N2C(=O)C(=O)/C(=C(/O)c3ccc4c(c3)C[C@H](C)O4)[C@H]2c2cccc(OCCCCC)c2)nc1C. The van der Waals surface area contributed by atoms with E-state index in [1.54, 1.807) is 43.3 Å². The number of unbranched alkanes of at least 4 members (excludes halogenated alkanes) is 2. The number of aryl methyl sites for hydroxylation is 1. The third kappa shape index (κ3) is 6.06. The summed E-state index contributed by atoms with van der Waals surface area (Å²) in [6, 6.07) is 11.3. The maximum atomic E-state index is 13.7. The molecule has 224 valence electrons. The molecular formula is C33H34N2O7S. The van der Waals surface area contributed by atoms with Crippen LogP contribution in [-0.4, -0.2) is 47.1 Å². The molecule has 2 aliphatic rings. The van der Waals surface area contributed by atoms with Crippen molar-refractivity contribution in [3.63, 3.8) is 0 Å². The lowest BCUT2D eigenvalue weighted by Crippen LogP contribution is -2.29. The molecular weight excluding hydrogens is 568 g/mol. The summed E-state index contributed by atoms with van der Waals surface area (Å²) in [7, 11) is 0. The van der Waals surface area contributed by atoms with Crippen LogP contribution in [0.25, 0.3) is 5.76 Å². The lowest BCUT2D eigenvalue weighted by Gasteiger charge is -2.23. The van der Waals surface area contributed by atoms with Crippen molar-refractivity contribution in [1.82, 2.24) is 4.98 Å². The van der Waals surface area contributed by atoms with Gasteiger partial charge >= 0.3 is 11.9 Å². The molecule has 2 atom stereocenters. The quantitative estimate of drug-likeness (QED) is 0.0678. The Hall–Kier alpha value is -4.44. The molecule has 0 saturated carbocycles. The number of benzene rings is 2. The third-order valence-electron chi connectivity index (χ3n) is 7.31. The number of hydrogen-bond donors (Lipinski definition) is 1. The molecule has 1 fully saturated rings. The van der Waals surface area contributed by atoms with E-state index in [4.69, 9.17) is 14.2 Å². The number of aliphatic hydroxyl groups is 1. The molecule has 1 aromatic heterocycles. The molecule has 0 aliphatic carbocycles. The van der Waals surface area contributed by atoms with Crippen LogP contribution in [0.1, 0.15) is 71.2 Å². The molecule has 0 bridgehead atoms. The molecule has 3 aromatic rings. The number of carbonyl (C=O) groups is 3. The molecule has 0 spiro atoms. The van der Waals surface area contributed by atoms with E-state index < -0.39 is 23.7 Å². The van der Waals surface area contributed by atoms with Crippen molar-refractivity contribution in [1.29, 1.82) is 0 Å². The summed E-state index contributed by atoms with van der Waals surface area (Å²) in [6.45, 7) is 9.81. The minimum Gasteiger partial charge on any atom is -0.507 e. The number of ether oxygens (including phenoxy) is 3. The fraction of sp³-hybridized carbons (Fsp3) is 0.333. The first kappa shape index (κ1) is 30.0. The van der Waals surface area contributed by atoms with Crippen molar-refractivity contribution in [3.8, 4) is 11.5 Å². The Bertz CT molecular complexity index is 1610. The summed E-state index contributed by atoms with van der Waals surface area (Å²) in [5.74, 6) is -1.33. The van der Waals surface area contributed by atoms with Crippen LogP contribution >= 0.6 is 11.3 Å². The molecule has 0 radical (unpaired) electrons. The van der Waals surface area contributed by atoms with Gasteiger partial charge in [0.05, 0.1) is 23.9 Å². The van der Waals surface area contributed by atoms with Gasteiger partial charge in [0.15, 0.2) is 5.13 Å². The number of esters is 1. The normalized spacial score (nSPS) is 18.8. The lowest BCUT2D eigenvalue weighted by atomic mass is 9.94. The smallest absolute Gasteiger partial charge is 0.350 e. The Morgan fingerprint density at radius 1 is 1.23 bits per heavy atom. The van der Waals surface area contributed by atoms with E-state index in [9.17, 15) is 19.5 Å². The van der Waals surface area contributed by atoms with Crippen LogP contribution in [-0.2, 0) is 20.7 Å². The monoisotopic (exact) mass is 602 g/mol. The van der Waals surface area contributed by atoms with E-state index in [2.05, 4.69) is 18.5 Å². The van der Waals surface area contributed by atoms with Gasteiger partial charge in [0.1, 0.15) is 34.8 Å². The zero-order valence-corrected chi connectivity index (χ0v) is 25.2. The van der Waals surface area contributed by atoms with Crippen LogP contribution in [0.4, 0.5) is 5.13 Å². The number of nitrogens with zero attached hydrogens (tertiary/aromatic N) is 2. The molecule has 3 heterocycles. The molecule has 5 rings (SSSR count). The van der Waals surface area contributed by atoms with Gasteiger partial charge in [-0.1, -0.05) is 55.9 Å². The van der Waals surface area contributed by atoms with Gasteiger partial charge in [-0.2, -0.15) is 0 Å². The molecule has 1 saturated heterocycles. The van der Waals surface area contributed by atoms with Crippen molar-refractivity contribution in [2.24, 2.45) is 0 Å². The van der Waals surface area contributed by atoms with Crippen molar-refractivity contribution < 1.29 is 33.7 Å². The second-order valence-corrected chi connectivity index (χ2v) is 11.5. The average molecular weight is 603 g/mol. The number of amides is 1. The van der Waals surface area contributed by atoms with E-state index in [1.807, 2.05) is 13.0 Å². The molecule has 2 aromatic carbocycles. The molecule has 1 N–H and O–H groups in total. The number of carbonyl (C=O) groups excluding carboxylic acids is 3. The van der Waals surface area contributed by atoms with Gasteiger partial charge in [0.25, 0.3) is 5.78 Å². The third-order valence-corrected chi connectivity index (χ3v) is 8.45. The fourth-order valence-corrected chi connectivity index (χ4v) is 6.25. The average Bonchev–Trinajstić information content (AvgIpc) is 3.65. The van der Waals surface area contributed by atoms with Crippen LogP contribution in [0.3, 0.4) is 0 Å². The summed E-state index contributed by atoms with van der Waals surface area (Å²) in [6.07, 6.45) is 5.10. The Morgan fingerprint density at radius 2 is 2.05 bits per heavy atom. The zero-order chi connectivity index (χ0) is 30.7. The summed E-state index contributed by atoms with van der Waals surface area (Å²) in [5.41, 5.74) is 2.13. The van der Waals surface area contributed by atoms with Gasteiger partial charge < -0.3 is 19.3 Å². The van der Waals surface area contributed by atoms with E-state index >= 15 is 0 Å². The predicted molar refractivity (Wildman–Crippen MR) is 164 cm³/mol.